The average molecular weight is 291 g/mol. The largest absolute Gasteiger partial charge is 0.481 e. The molecule has 2 rings (SSSR count). The van der Waals surface area contributed by atoms with Gasteiger partial charge in [0.15, 0.2) is 0 Å². The zero-order valence-electron chi connectivity index (χ0n) is 11.9. The Kier molecular flexibility index (Phi) is 4.46. The van der Waals surface area contributed by atoms with Gasteiger partial charge in [0.25, 0.3) is 11.7 Å². The number of fused-ring (bicyclic) bond motifs is 1. The Morgan fingerprint density at radius 1 is 1.38 bits per heavy atom. The average Bonchev–Trinajstić information content (AvgIpc) is 2.94. The highest BCUT2D eigenvalue weighted by atomic mass is 16.4. The van der Waals surface area contributed by atoms with Crippen LogP contribution in [-0.4, -0.2) is 43.1 Å². The molecule has 8 heteroatoms. The molecule has 0 aliphatic rings. The molecule has 1 unspecified atom stereocenters. The van der Waals surface area contributed by atoms with Crippen molar-refractivity contribution in [3.8, 4) is 0 Å². The number of rotatable bonds is 6. The first-order valence-electron chi connectivity index (χ1n) is 6.77. The van der Waals surface area contributed by atoms with Gasteiger partial charge < -0.3 is 10.4 Å². The van der Waals surface area contributed by atoms with Crippen molar-refractivity contribution in [3.63, 3.8) is 0 Å². The Morgan fingerprint density at radius 2 is 2.14 bits per heavy atom. The van der Waals surface area contributed by atoms with Gasteiger partial charge in [0.2, 0.25) is 0 Å². The van der Waals surface area contributed by atoms with Crippen molar-refractivity contribution in [1.29, 1.82) is 0 Å². The predicted octanol–water partition coefficient (Wildman–Crippen LogP) is 0.527. The maximum Gasteiger partial charge on any atom is 0.308 e. The summed E-state index contributed by atoms with van der Waals surface area (Å²) in [6.07, 6.45) is 3.86. The van der Waals surface area contributed by atoms with Crippen molar-refractivity contribution in [2.45, 2.75) is 26.7 Å². The Hall–Kier alpha value is -2.51. The molecule has 0 bridgehead atoms. The molecule has 0 saturated heterocycles. The maximum atomic E-state index is 12.2. The summed E-state index contributed by atoms with van der Waals surface area (Å²) in [4.78, 5) is 31.2. The van der Waals surface area contributed by atoms with Gasteiger partial charge in [0.1, 0.15) is 6.33 Å². The molecule has 0 radical (unpaired) electrons. The summed E-state index contributed by atoms with van der Waals surface area (Å²) >= 11 is 0. The van der Waals surface area contributed by atoms with Crippen LogP contribution in [0.2, 0.25) is 0 Å². The van der Waals surface area contributed by atoms with E-state index >= 15 is 0 Å². The standard InChI is InChI=1S/C13H17N5O3/c1-3-8(12(20)21)5-14-11(19)9-6-15-13-16-7-17-18(13)10(9)4-2/h6-8H,3-5H2,1-2H3,(H,14,19)(H,20,21). The first kappa shape index (κ1) is 14.9. The number of nitrogens with zero attached hydrogens (tertiary/aromatic N) is 4. The first-order valence-corrected chi connectivity index (χ1v) is 6.77. The van der Waals surface area contributed by atoms with Crippen LogP contribution in [0.25, 0.3) is 5.78 Å². The van der Waals surface area contributed by atoms with Gasteiger partial charge in [-0.2, -0.15) is 10.1 Å². The van der Waals surface area contributed by atoms with E-state index in [1.165, 1.54) is 17.0 Å². The normalized spacial score (nSPS) is 12.3. The highest BCUT2D eigenvalue weighted by molar-refractivity contribution is 5.95. The van der Waals surface area contributed by atoms with E-state index in [-0.39, 0.29) is 12.5 Å². The number of amides is 1. The lowest BCUT2D eigenvalue weighted by molar-refractivity contribution is -0.141. The van der Waals surface area contributed by atoms with E-state index in [1.807, 2.05) is 6.92 Å². The van der Waals surface area contributed by atoms with Crippen molar-refractivity contribution in [2.24, 2.45) is 5.92 Å². The SMILES string of the molecule is CCc1c(C(=O)NCC(CC)C(=O)O)cnc2ncnn12. The topological polar surface area (TPSA) is 109 Å². The summed E-state index contributed by atoms with van der Waals surface area (Å²) in [5, 5.41) is 15.7. The molecule has 1 amide bonds. The first-order chi connectivity index (χ1) is 10.1. The van der Waals surface area contributed by atoms with Gasteiger partial charge in [0.05, 0.1) is 17.2 Å². The summed E-state index contributed by atoms with van der Waals surface area (Å²) < 4.78 is 1.52. The number of carboxylic acids is 1. The van der Waals surface area contributed by atoms with Crippen LogP contribution in [0, 0.1) is 5.92 Å². The number of carboxylic acid groups (broad SMARTS) is 1. The summed E-state index contributed by atoms with van der Waals surface area (Å²) in [6.45, 7) is 3.76. The Bertz CT molecular complexity index is 667. The quantitative estimate of drug-likeness (QED) is 0.803. The number of carbonyl (C=O) groups excluding carboxylic acids is 1. The molecule has 0 aromatic carbocycles. The number of nitrogens with one attached hydrogen (secondary N) is 1. The molecule has 21 heavy (non-hydrogen) atoms. The van der Waals surface area contributed by atoms with Gasteiger partial charge >= 0.3 is 5.97 Å². The van der Waals surface area contributed by atoms with Gasteiger partial charge in [-0.3, -0.25) is 9.59 Å². The van der Waals surface area contributed by atoms with Crippen molar-refractivity contribution >= 4 is 17.7 Å². The minimum Gasteiger partial charge on any atom is -0.481 e. The zero-order valence-corrected chi connectivity index (χ0v) is 11.9. The van der Waals surface area contributed by atoms with Crippen molar-refractivity contribution < 1.29 is 14.7 Å². The van der Waals surface area contributed by atoms with E-state index in [1.54, 1.807) is 6.92 Å². The molecular formula is C13H17N5O3. The fourth-order valence-electron chi connectivity index (χ4n) is 2.07. The van der Waals surface area contributed by atoms with Crippen molar-refractivity contribution in [1.82, 2.24) is 24.9 Å². The summed E-state index contributed by atoms with van der Waals surface area (Å²) in [5.74, 6) is -1.43. The van der Waals surface area contributed by atoms with E-state index in [9.17, 15) is 9.59 Å². The van der Waals surface area contributed by atoms with Gasteiger partial charge in [-0.05, 0) is 12.8 Å². The lowest BCUT2D eigenvalue weighted by atomic mass is 10.1. The smallest absolute Gasteiger partial charge is 0.308 e. The summed E-state index contributed by atoms with van der Waals surface area (Å²) in [7, 11) is 0. The lowest BCUT2D eigenvalue weighted by Gasteiger charge is -2.13. The van der Waals surface area contributed by atoms with E-state index in [0.29, 0.717) is 29.9 Å². The van der Waals surface area contributed by atoms with Gasteiger partial charge in [0, 0.05) is 12.7 Å². The van der Waals surface area contributed by atoms with Crippen LogP contribution < -0.4 is 5.32 Å². The summed E-state index contributed by atoms with van der Waals surface area (Å²) in [6, 6.07) is 0. The van der Waals surface area contributed by atoms with Gasteiger partial charge in [-0.1, -0.05) is 13.8 Å². The lowest BCUT2D eigenvalue weighted by Crippen LogP contribution is -2.33. The molecule has 1 atom stereocenters. The molecule has 2 aromatic rings. The number of aromatic nitrogens is 4. The third-order valence-electron chi connectivity index (χ3n) is 3.34. The highest BCUT2D eigenvalue weighted by Crippen LogP contribution is 2.10. The Labute approximate surface area is 121 Å². The van der Waals surface area contributed by atoms with Crippen molar-refractivity contribution in [3.05, 3.63) is 23.8 Å². The van der Waals surface area contributed by atoms with Crippen LogP contribution in [0.3, 0.4) is 0 Å². The molecule has 2 N–H and O–H groups in total. The second-order valence-corrected chi connectivity index (χ2v) is 4.60. The Balaban J connectivity index is 2.21. The van der Waals surface area contributed by atoms with Gasteiger partial charge in [-0.15, -0.1) is 0 Å². The monoisotopic (exact) mass is 291 g/mol. The van der Waals surface area contributed by atoms with E-state index < -0.39 is 11.9 Å². The molecule has 0 saturated carbocycles. The summed E-state index contributed by atoms with van der Waals surface area (Å²) in [5.41, 5.74) is 1.08. The zero-order chi connectivity index (χ0) is 15.4. The molecule has 8 nitrogen and oxygen atoms in total. The molecule has 0 spiro atoms. The fraction of sp³-hybridized carbons (Fsp3) is 0.462. The van der Waals surface area contributed by atoms with Crippen LogP contribution in [0.5, 0.6) is 0 Å². The van der Waals surface area contributed by atoms with Crippen LogP contribution in [0.1, 0.15) is 36.3 Å². The minimum absolute atomic E-state index is 0.0865. The number of aliphatic carboxylic acids is 1. The molecule has 2 aromatic heterocycles. The number of hydrogen-bond acceptors (Lipinski definition) is 5. The number of hydrogen-bond donors (Lipinski definition) is 2. The maximum absolute atomic E-state index is 12.2. The van der Waals surface area contributed by atoms with Crippen LogP contribution in [0.4, 0.5) is 0 Å². The van der Waals surface area contributed by atoms with Crippen LogP contribution >= 0.6 is 0 Å². The van der Waals surface area contributed by atoms with Crippen LogP contribution in [0.15, 0.2) is 12.5 Å². The molecule has 0 aliphatic heterocycles. The third kappa shape index (κ3) is 2.99. The minimum atomic E-state index is -0.918. The van der Waals surface area contributed by atoms with Gasteiger partial charge in [-0.25, -0.2) is 9.50 Å². The number of carbonyl (C=O) groups is 2. The second-order valence-electron chi connectivity index (χ2n) is 4.60. The molecule has 2 heterocycles. The van der Waals surface area contributed by atoms with E-state index in [4.69, 9.17) is 5.11 Å². The number of aryl methyl sites for hydroxylation is 1. The molecule has 112 valence electrons. The third-order valence-corrected chi connectivity index (χ3v) is 3.34. The fourth-order valence-corrected chi connectivity index (χ4v) is 2.07. The Morgan fingerprint density at radius 3 is 2.76 bits per heavy atom. The molecular weight excluding hydrogens is 274 g/mol. The van der Waals surface area contributed by atoms with E-state index in [0.717, 1.165) is 0 Å². The molecule has 0 fully saturated rings. The van der Waals surface area contributed by atoms with Crippen molar-refractivity contribution in [2.75, 3.05) is 6.54 Å². The van der Waals surface area contributed by atoms with Crippen LogP contribution in [-0.2, 0) is 11.2 Å². The second kappa shape index (κ2) is 6.29. The highest BCUT2D eigenvalue weighted by Gasteiger charge is 2.19. The predicted molar refractivity (Wildman–Crippen MR) is 73.9 cm³/mol. The molecule has 0 aliphatic carbocycles. The van der Waals surface area contributed by atoms with E-state index in [2.05, 4.69) is 20.4 Å².